The molecule has 2 aromatic heterocycles. The molecule has 0 saturated heterocycles. The Morgan fingerprint density at radius 1 is 1.21 bits per heavy atom. The standard InChI is InChI=1S/C14H17N7OS.ClH/c1-20-9-16-17-13(20)8-23-14-19-18-12(7-15)21(14)10-4-3-5-11(6-10)22-2;/h3-6,9H,7-8,15H2,1-2H3;1H. The zero-order valence-electron chi connectivity index (χ0n) is 13.3. The van der Waals surface area contributed by atoms with Gasteiger partial charge < -0.3 is 15.0 Å². The smallest absolute Gasteiger partial charge is 0.196 e. The van der Waals surface area contributed by atoms with Crippen LogP contribution in [0.1, 0.15) is 11.6 Å². The maximum absolute atomic E-state index is 5.80. The minimum atomic E-state index is 0. The number of rotatable bonds is 6. The van der Waals surface area contributed by atoms with Crippen molar-refractivity contribution in [3.05, 3.63) is 42.2 Å². The van der Waals surface area contributed by atoms with E-state index in [4.69, 9.17) is 10.5 Å². The van der Waals surface area contributed by atoms with Crippen molar-refractivity contribution >= 4 is 24.2 Å². The Kier molecular flexibility index (Phi) is 6.18. The van der Waals surface area contributed by atoms with Crippen LogP contribution in [0.5, 0.6) is 5.75 Å². The van der Waals surface area contributed by atoms with Gasteiger partial charge in [-0.1, -0.05) is 17.8 Å². The number of benzene rings is 1. The molecule has 0 unspecified atom stereocenters. The molecule has 0 amide bonds. The summed E-state index contributed by atoms with van der Waals surface area (Å²) in [6.45, 7) is 0.300. The molecule has 1 aromatic carbocycles. The van der Waals surface area contributed by atoms with E-state index in [9.17, 15) is 0 Å². The molecule has 0 aliphatic carbocycles. The molecule has 0 bridgehead atoms. The molecule has 24 heavy (non-hydrogen) atoms. The first kappa shape index (κ1) is 18.2. The van der Waals surface area contributed by atoms with Crippen LogP contribution in [0.4, 0.5) is 0 Å². The summed E-state index contributed by atoms with van der Waals surface area (Å²) in [5, 5.41) is 17.1. The minimum Gasteiger partial charge on any atom is -0.497 e. The highest BCUT2D eigenvalue weighted by molar-refractivity contribution is 7.98. The van der Waals surface area contributed by atoms with Crippen molar-refractivity contribution in [1.29, 1.82) is 0 Å². The van der Waals surface area contributed by atoms with Gasteiger partial charge in [0.15, 0.2) is 11.0 Å². The van der Waals surface area contributed by atoms with Gasteiger partial charge in [0.2, 0.25) is 0 Å². The summed E-state index contributed by atoms with van der Waals surface area (Å²) in [5.41, 5.74) is 6.71. The number of halogens is 1. The molecule has 10 heteroatoms. The molecule has 0 spiro atoms. The third-order valence-corrected chi connectivity index (χ3v) is 4.25. The second kappa shape index (κ2) is 8.13. The van der Waals surface area contributed by atoms with Crippen LogP contribution in [-0.2, 0) is 19.3 Å². The van der Waals surface area contributed by atoms with Crippen molar-refractivity contribution in [3.63, 3.8) is 0 Å². The highest BCUT2D eigenvalue weighted by Gasteiger charge is 2.15. The molecule has 2 N–H and O–H groups in total. The minimum absolute atomic E-state index is 0. The Balaban J connectivity index is 0.00000208. The number of thioether (sulfide) groups is 1. The van der Waals surface area contributed by atoms with Gasteiger partial charge in [0.25, 0.3) is 0 Å². The highest BCUT2D eigenvalue weighted by Crippen LogP contribution is 2.26. The van der Waals surface area contributed by atoms with Crippen molar-refractivity contribution in [2.45, 2.75) is 17.5 Å². The van der Waals surface area contributed by atoms with Gasteiger partial charge in [-0.3, -0.25) is 4.57 Å². The SMILES string of the molecule is COc1cccc(-n2c(CN)nnc2SCc2nncn2C)c1.Cl. The van der Waals surface area contributed by atoms with E-state index < -0.39 is 0 Å². The topological polar surface area (TPSA) is 96.7 Å². The summed E-state index contributed by atoms with van der Waals surface area (Å²) in [6, 6.07) is 7.71. The number of methoxy groups -OCH3 is 1. The molecule has 0 saturated carbocycles. The Morgan fingerprint density at radius 2 is 2.04 bits per heavy atom. The van der Waals surface area contributed by atoms with E-state index in [-0.39, 0.29) is 12.4 Å². The van der Waals surface area contributed by atoms with Gasteiger partial charge in [-0.15, -0.1) is 32.8 Å². The first-order chi connectivity index (χ1) is 11.2. The number of hydrogen-bond acceptors (Lipinski definition) is 7. The van der Waals surface area contributed by atoms with Crippen LogP contribution in [0, 0.1) is 0 Å². The first-order valence-electron chi connectivity index (χ1n) is 6.97. The van der Waals surface area contributed by atoms with Crippen LogP contribution >= 0.6 is 24.2 Å². The fraction of sp³-hybridized carbons (Fsp3) is 0.286. The molecule has 0 atom stereocenters. The first-order valence-corrected chi connectivity index (χ1v) is 7.96. The lowest BCUT2D eigenvalue weighted by molar-refractivity contribution is 0.414. The molecule has 2 heterocycles. The molecule has 0 radical (unpaired) electrons. The van der Waals surface area contributed by atoms with Crippen LogP contribution in [-0.4, -0.2) is 36.6 Å². The third kappa shape index (κ3) is 3.69. The molecule has 3 aromatic rings. The van der Waals surface area contributed by atoms with Gasteiger partial charge >= 0.3 is 0 Å². The maximum Gasteiger partial charge on any atom is 0.196 e. The lowest BCUT2D eigenvalue weighted by Crippen LogP contribution is -2.08. The van der Waals surface area contributed by atoms with E-state index in [1.165, 1.54) is 11.8 Å². The zero-order valence-corrected chi connectivity index (χ0v) is 14.9. The molecule has 128 valence electrons. The van der Waals surface area contributed by atoms with Crippen molar-refractivity contribution in [3.8, 4) is 11.4 Å². The maximum atomic E-state index is 5.80. The van der Waals surface area contributed by atoms with Crippen molar-refractivity contribution in [2.75, 3.05) is 7.11 Å². The highest BCUT2D eigenvalue weighted by atomic mass is 35.5. The Bertz CT molecular complexity index is 804. The summed E-state index contributed by atoms with van der Waals surface area (Å²) >= 11 is 1.53. The van der Waals surface area contributed by atoms with E-state index in [0.717, 1.165) is 22.4 Å². The summed E-state index contributed by atoms with van der Waals surface area (Å²) in [5.74, 6) is 2.97. The van der Waals surface area contributed by atoms with Crippen molar-refractivity contribution in [2.24, 2.45) is 12.8 Å². The molecule has 3 rings (SSSR count). The molecule has 8 nitrogen and oxygen atoms in total. The van der Waals surface area contributed by atoms with Crippen LogP contribution in [0.2, 0.25) is 0 Å². The van der Waals surface area contributed by atoms with Crippen LogP contribution in [0.25, 0.3) is 5.69 Å². The summed E-state index contributed by atoms with van der Waals surface area (Å²) in [7, 11) is 3.55. The molecule has 0 aliphatic rings. The van der Waals surface area contributed by atoms with E-state index >= 15 is 0 Å². The molecular formula is C14H18ClN7OS. The van der Waals surface area contributed by atoms with Crippen molar-refractivity contribution < 1.29 is 4.74 Å². The number of ether oxygens (including phenoxy) is 1. The number of nitrogens with two attached hydrogens (primary N) is 1. The lowest BCUT2D eigenvalue weighted by atomic mass is 10.3. The van der Waals surface area contributed by atoms with E-state index in [1.807, 2.05) is 40.4 Å². The number of aromatic nitrogens is 6. The fourth-order valence-electron chi connectivity index (χ4n) is 2.10. The predicted molar refractivity (Wildman–Crippen MR) is 93.6 cm³/mol. The Hall–Kier alpha value is -2.10. The summed E-state index contributed by atoms with van der Waals surface area (Å²) in [4.78, 5) is 0. The van der Waals surface area contributed by atoms with Gasteiger partial charge in [-0.05, 0) is 12.1 Å². The van der Waals surface area contributed by atoms with Gasteiger partial charge in [-0.25, -0.2) is 0 Å². The largest absolute Gasteiger partial charge is 0.497 e. The average Bonchev–Trinajstić information content (AvgIpc) is 3.18. The normalized spacial score (nSPS) is 10.5. The van der Waals surface area contributed by atoms with Crippen molar-refractivity contribution in [1.82, 2.24) is 29.5 Å². The number of nitrogens with zero attached hydrogens (tertiary/aromatic N) is 6. The van der Waals surface area contributed by atoms with Crippen LogP contribution in [0.3, 0.4) is 0 Å². The molecular weight excluding hydrogens is 350 g/mol. The number of aryl methyl sites for hydroxylation is 1. The summed E-state index contributed by atoms with van der Waals surface area (Å²) < 4.78 is 9.10. The fourth-order valence-corrected chi connectivity index (χ4v) is 3.06. The Morgan fingerprint density at radius 3 is 2.71 bits per heavy atom. The van der Waals surface area contributed by atoms with E-state index in [2.05, 4.69) is 20.4 Å². The lowest BCUT2D eigenvalue weighted by Gasteiger charge is -2.10. The second-order valence-electron chi connectivity index (χ2n) is 4.79. The number of hydrogen-bond donors (Lipinski definition) is 1. The van der Waals surface area contributed by atoms with Gasteiger partial charge in [-0.2, -0.15) is 0 Å². The van der Waals surface area contributed by atoms with Crippen LogP contribution in [0.15, 0.2) is 35.7 Å². The average molecular weight is 368 g/mol. The monoisotopic (exact) mass is 367 g/mol. The second-order valence-corrected chi connectivity index (χ2v) is 5.73. The quantitative estimate of drug-likeness (QED) is 0.660. The van der Waals surface area contributed by atoms with E-state index in [1.54, 1.807) is 13.4 Å². The van der Waals surface area contributed by atoms with Gasteiger partial charge in [0.1, 0.15) is 17.9 Å². The Labute approximate surface area is 149 Å². The van der Waals surface area contributed by atoms with E-state index in [0.29, 0.717) is 18.1 Å². The molecule has 0 aliphatic heterocycles. The van der Waals surface area contributed by atoms with Crippen LogP contribution < -0.4 is 10.5 Å². The zero-order chi connectivity index (χ0) is 16.2. The molecule has 0 fully saturated rings. The third-order valence-electron chi connectivity index (χ3n) is 3.33. The van der Waals surface area contributed by atoms with Gasteiger partial charge in [0, 0.05) is 13.1 Å². The van der Waals surface area contributed by atoms with Gasteiger partial charge in [0.05, 0.1) is 25.1 Å². The predicted octanol–water partition coefficient (Wildman–Crippen LogP) is 1.58. The summed E-state index contributed by atoms with van der Waals surface area (Å²) in [6.07, 6.45) is 1.67.